The van der Waals surface area contributed by atoms with Crippen molar-refractivity contribution in [3.63, 3.8) is 0 Å². The first-order valence-electron chi connectivity index (χ1n) is 8.89. The Bertz CT molecular complexity index is 847. The summed E-state index contributed by atoms with van der Waals surface area (Å²) in [4.78, 5) is 5.91. The maximum Gasteiger partial charge on any atom is 0.104 e. The van der Waals surface area contributed by atoms with E-state index in [1.165, 1.54) is 16.3 Å². The molecular formula is C21H23N4+. The van der Waals surface area contributed by atoms with Crippen LogP contribution in [0.25, 0.3) is 10.8 Å². The van der Waals surface area contributed by atoms with Gasteiger partial charge in [0, 0.05) is 11.8 Å². The fourth-order valence-corrected chi connectivity index (χ4v) is 3.41. The van der Waals surface area contributed by atoms with E-state index in [9.17, 15) is 0 Å². The molecule has 0 bridgehead atoms. The zero-order valence-electron chi connectivity index (χ0n) is 14.3. The quantitative estimate of drug-likeness (QED) is 0.742. The van der Waals surface area contributed by atoms with Gasteiger partial charge in [0.15, 0.2) is 0 Å². The average Bonchev–Trinajstić information content (AvgIpc) is 2.69. The van der Waals surface area contributed by atoms with Crippen LogP contribution in [-0.2, 0) is 6.54 Å². The van der Waals surface area contributed by atoms with E-state index in [1.54, 1.807) is 11.1 Å². The minimum Gasteiger partial charge on any atom is -0.328 e. The molecule has 0 radical (unpaired) electrons. The number of aromatic nitrogens is 1. The molecular weight excluding hydrogens is 308 g/mol. The standard InChI is InChI=1S/C21H22N4/c1-2-10-21-18(6-1)7-5-8-19(21)17-24-12-14-25(15-13-24)23-16-20-9-3-4-11-22-20/h1-11,16H,12-15,17H2/p+1. The Morgan fingerprint density at radius 2 is 1.76 bits per heavy atom. The summed E-state index contributed by atoms with van der Waals surface area (Å²) >= 11 is 0. The Labute approximate surface area is 148 Å². The number of benzene rings is 2. The van der Waals surface area contributed by atoms with Gasteiger partial charge in [-0.3, -0.25) is 9.99 Å². The van der Waals surface area contributed by atoms with Crippen molar-refractivity contribution in [1.29, 1.82) is 0 Å². The molecule has 126 valence electrons. The molecule has 1 saturated heterocycles. The third-order valence-electron chi connectivity index (χ3n) is 4.81. The Morgan fingerprint density at radius 3 is 2.60 bits per heavy atom. The van der Waals surface area contributed by atoms with Gasteiger partial charge in [-0.05, 0) is 22.9 Å². The van der Waals surface area contributed by atoms with Gasteiger partial charge in [-0.1, -0.05) is 48.5 Å². The molecule has 2 heterocycles. The van der Waals surface area contributed by atoms with Crippen LogP contribution in [0.3, 0.4) is 0 Å². The number of fused-ring (bicyclic) bond motifs is 1. The summed E-state index contributed by atoms with van der Waals surface area (Å²) in [6.45, 7) is 5.29. The summed E-state index contributed by atoms with van der Waals surface area (Å²) in [6, 6.07) is 21.2. The fourth-order valence-electron chi connectivity index (χ4n) is 3.41. The molecule has 4 heteroatoms. The lowest BCUT2D eigenvalue weighted by atomic mass is 10.0. The predicted molar refractivity (Wildman–Crippen MR) is 102 cm³/mol. The topological polar surface area (TPSA) is 32.9 Å². The van der Waals surface area contributed by atoms with Gasteiger partial charge in [-0.25, -0.2) is 0 Å². The largest absolute Gasteiger partial charge is 0.328 e. The summed E-state index contributed by atoms with van der Waals surface area (Å²) < 4.78 is 0. The molecule has 1 aromatic heterocycles. The Morgan fingerprint density at radius 1 is 0.960 bits per heavy atom. The van der Waals surface area contributed by atoms with E-state index in [1.807, 2.05) is 24.4 Å². The number of rotatable bonds is 4. The molecule has 0 atom stereocenters. The molecule has 0 unspecified atom stereocenters. The lowest BCUT2D eigenvalue weighted by Gasteiger charge is -2.30. The van der Waals surface area contributed by atoms with Crippen LogP contribution in [0, 0.1) is 0 Å². The second-order valence-corrected chi connectivity index (χ2v) is 6.52. The van der Waals surface area contributed by atoms with Gasteiger partial charge >= 0.3 is 0 Å². The Kier molecular flexibility index (Phi) is 4.70. The van der Waals surface area contributed by atoms with Crippen LogP contribution in [0.4, 0.5) is 0 Å². The van der Waals surface area contributed by atoms with Crippen LogP contribution >= 0.6 is 0 Å². The lowest BCUT2D eigenvalue weighted by molar-refractivity contribution is -0.918. The number of hydrogen-bond donors (Lipinski definition) is 1. The monoisotopic (exact) mass is 331 g/mol. The van der Waals surface area contributed by atoms with Gasteiger partial charge in [0.25, 0.3) is 0 Å². The molecule has 1 aliphatic heterocycles. The minimum absolute atomic E-state index is 0.910. The molecule has 0 saturated carbocycles. The summed E-state index contributed by atoms with van der Waals surface area (Å²) in [7, 11) is 0. The van der Waals surface area contributed by atoms with Crippen molar-refractivity contribution >= 4 is 17.0 Å². The minimum atomic E-state index is 0.910. The van der Waals surface area contributed by atoms with Crippen LogP contribution < -0.4 is 4.90 Å². The van der Waals surface area contributed by atoms with Gasteiger partial charge in [-0.2, -0.15) is 5.10 Å². The van der Waals surface area contributed by atoms with Crippen LogP contribution in [0.5, 0.6) is 0 Å². The molecule has 4 nitrogen and oxygen atoms in total. The van der Waals surface area contributed by atoms with E-state index in [-0.39, 0.29) is 0 Å². The number of piperazine rings is 1. The highest BCUT2D eigenvalue weighted by atomic mass is 15.5. The van der Waals surface area contributed by atoms with Crippen molar-refractivity contribution in [3.05, 3.63) is 78.1 Å². The van der Waals surface area contributed by atoms with Crippen molar-refractivity contribution in [3.8, 4) is 0 Å². The van der Waals surface area contributed by atoms with Gasteiger partial charge in [-0.15, -0.1) is 0 Å². The van der Waals surface area contributed by atoms with Gasteiger partial charge in [0.05, 0.1) is 38.1 Å². The summed E-state index contributed by atoms with van der Waals surface area (Å²) in [5, 5.41) is 9.45. The number of nitrogens with one attached hydrogen (secondary N) is 1. The molecule has 1 N–H and O–H groups in total. The smallest absolute Gasteiger partial charge is 0.104 e. The third-order valence-corrected chi connectivity index (χ3v) is 4.81. The van der Waals surface area contributed by atoms with E-state index in [0.29, 0.717) is 0 Å². The lowest BCUT2D eigenvalue weighted by Crippen LogP contribution is -3.13. The van der Waals surface area contributed by atoms with Crippen LogP contribution in [0.15, 0.2) is 72.0 Å². The first-order valence-corrected chi connectivity index (χ1v) is 8.89. The SMILES string of the molecule is C(=NN1CC[NH+](Cc2cccc3ccccc23)CC1)c1ccccn1. The molecule has 0 spiro atoms. The van der Waals surface area contributed by atoms with Crippen LogP contribution in [0.1, 0.15) is 11.3 Å². The van der Waals surface area contributed by atoms with Crippen molar-refractivity contribution < 1.29 is 4.90 Å². The third kappa shape index (κ3) is 3.86. The van der Waals surface area contributed by atoms with Gasteiger partial charge in [0.1, 0.15) is 6.54 Å². The highest BCUT2D eigenvalue weighted by Crippen LogP contribution is 2.17. The number of pyridine rings is 1. The fraction of sp³-hybridized carbons (Fsp3) is 0.238. The molecule has 0 aliphatic carbocycles. The average molecular weight is 331 g/mol. The summed E-state index contributed by atoms with van der Waals surface area (Å²) in [5.41, 5.74) is 2.35. The summed E-state index contributed by atoms with van der Waals surface area (Å²) in [5.74, 6) is 0. The van der Waals surface area contributed by atoms with E-state index in [4.69, 9.17) is 0 Å². The Hall–Kier alpha value is -2.72. The molecule has 0 amide bonds. The van der Waals surface area contributed by atoms with E-state index >= 15 is 0 Å². The number of hydrazone groups is 1. The van der Waals surface area contributed by atoms with E-state index in [0.717, 1.165) is 38.4 Å². The summed E-state index contributed by atoms with van der Waals surface area (Å²) in [6.07, 6.45) is 3.66. The second-order valence-electron chi connectivity index (χ2n) is 6.52. The highest BCUT2D eigenvalue weighted by molar-refractivity contribution is 5.85. The molecule has 1 fully saturated rings. The number of hydrogen-bond acceptors (Lipinski definition) is 3. The maximum atomic E-state index is 4.58. The van der Waals surface area contributed by atoms with Crippen molar-refractivity contribution in [2.75, 3.05) is 26.2 Å². The van der Waals surface area contributed by atoms with Crippen molar-refractivity contribution in [2.45, 2.75) is 6.54 Å². The molecule has 2 aromatic carbocycles. The maximum absolute atomic E-state index is 4.58. The number of nitrogens with zero attached hydrogens (tertiary/aromatic N) is 3. The highest BCUT2D eigenvalue weighted by Gasteiger charge is 2.19. The first kappa shape index (κ1) is 15.8. The molecule has 1 aliphatic rings. The van der Waals surface area contributed by atoms with E-state index < -0.39 is 0 Å². The second kappa shape index (κ2) is 7.45. The van der Waals surface area contributed by atoms with Gasteiger partial charge in [0.2, 0.25) is 0 Å². The molecule has 3 aromatic rings. The van der Waals surface area contributed by atoms with Crippen molar-refractivity contribution in [1.82, 2.24) is 9.99 Å². The molecule has 25 heavy (non-hydrogen) atoms. The number of quaternary nitrogens is 1. The normalized spacial score (nSPS) is 15.9. The first-order chi connectivity index (χ1) is 12.4. The zero-order chi connectivity index (χ0) is 16.9. The van der Waals surface area contributed by atoms with Crippen LogP contribution in [-0.4, -0.2) is 42.4 Å². The Balaban J connectivity index is 1.36. The van der Waals surface area contributed by atoms with Gasteiger partial charge < -0.3 is 4.90 Å². The zero-order valence-corrected chi connectivity index (χ0v) is 14.3. The van der Waals surface area contributed by atoms with Crippen LogP contribution in [0.2, 0.25) is 0 Å². The van der Waals surface area contributed by atoms with E-state index in [2.05, 4.69) is 57.6 Å². The molecule has 4 rings (SSSR count). The van der Waals surface area contributed by atoms with Crippen molar-refractivity contribution in [2.24, 2.45) is 5.10 Å². The predicted octanol–water partition coefficient (Wildman–Crippen LogP) is 1.97.